The minimum absolute atomic E-state index is 0.777. The summed E-state index contributed by atoms with van der Waals surface area (Å²) in [6, 6.07) is 7.93. The van der Waals surface area contributed by atoms with E-state index in [0.29, 0.717) is 0 Å². The molecule has 1 aromatic rings. The first-order valence-electron chi connectivity index (χ1n) is 4.86. The molecule has 0 amide bonds. The summed E-state index contributed by atoms with van der Waals surface area (Å²) >= 11 is 6.03. The van der Waals surface area contributed by atoms with E-state index in [-0.39, 0.29) is 0 Å². The molecule has 1 aromatic carbocycles. The van der Waals surface area contributed by atoms with Crippen LogP contribution in [0.5, 0.6) is 0 Å². The Hall–Kier alpha value is -0.313. The summed E-state index contributed by atoms with van der Waals surface area (Å²) in [6.07, 6.45) is 0.907. The van der Waals surface area contributed by atoms with Crippen LogP contribution in [0.25, 0.3) is 0 Å². The molecule has 78 valence electrons. The molecule has 3 heteroatoms. The van der Waals surface area contributed by atoms with Crippen LogP contribution >= 0.6 is 11.6 Å². The van der Waals surface area contributed by atoms with Gasteiger partial charge in [-0.05, 0) is 37.7 Å². The Bertz CT molecular complexity index is 294. The lowest BCUT2D eigenvalue weighted by molar-refractivity contribution is 0.316. The average molecular weight is 229 g/mol. The monoisotopic (exact) mass is 228 g/mol. The number of hydrogen-bond acceptors (Lipinski definition) is 1. The number of rotatable bonds is 4. The molecule has 14 heavy (non-hydrogen) atoms. The van der Waals surface area contributed by atoms with E-state index >= 15 is 0 Å². The Balaban J connectivity index is 2.43. The van der Waals surface area contributed by atoms with Gasteiger partial charge >= 0.3 is 0 Å². The van der Waals surface area contributed by atoms with Gasteiger partial charge in [0.2, 0.25) is 0 Å². The van der Waals surface area contributed by atoms with Gasteiger partial charge in [-0.1, -0.05) is 29.8 Å². The van der Waals surface area contributed by atoms with Crippen molar-refractivity contribution in [3.63, 3.8) is 0 Å². The third-order valence-corrected chi connectivity index (χ3v) is 3.30. The molecule has 1 rings (SSSR count). The van der Waals surface area contributed by atoms with Crippen molar-refractivity contribution in [2.24, 2.45) is 0 Å². The summed E-state index contributed by atoms with van der Waals surface area (Å²) in [5, 5.41) is 0.840. The molecule has 0 atom stereocenters. The molecule has 0 aliphatic heterocycles. The molecule has 0 N–H and O–H groups in total. The van der Waals surface area contributed by atoms with Crippen molar-refractivity contribution in [3.8, 4) is 0 Å². The van der Waals surface area contributed by atoms with Crippen molar-refractivity contribution in [3.05, 3.63) is 34.9 Å². The zero-order chi connectivity index (χ0) is 10.6. The zero-order valence-electron chi connectivity index (χ0n) is 9.01. The van der Waals surface area contributed by atoms with Crippen molar-refractivity contribution in [2.45, 2.75) is 26.1 Å². The van der Waals surface area contributed by atoms with E-state index in [1.807, 2.05) is 18.2 Å². The minimum atomic E-state index is -1.37. The standard InChI is InChI=1S/C11H17ClOSi/c1-14(2,3)13-9-8-10-6-4-5-7-11(10)12/h4-7H,8-9H2,1-3H3. The predicted octanol–water partition coefficient (Wildman–Crippen LogP) is 3.73. The lowest BCUT2D eigenvalue weighted by Crippen LogP contribution is -2.26. The van der Waals surface area contributed by atoms with E-state index in [2.05, 4.69) is 25.7 Å². The minimum Gasteiger partial charge on any atom is -0.417 e. The highest BCUT2D eigenvalue weighted by atomic mass is 35.5. The third kappa shape index (κ3) is 4.27. The van der Waals surface area contributed by atoms with Crippen molar-refractivity contribution in [1.82, 2.24) is 0 Å². The molecule has 1 nitrogen and oxygen atoms in total. The second-order valence-corrected chi connectivity index (χ2v) is 9.22. The summed E-state index contributed by atoms with van der Waals surface area (Å²) in [7, 11) is -1.37. The smallest absolute Gasteiger partial charge is 0.183 e. The molecule has 0 fully saturated rings. The van der Waals surface area contributed by atoms with Crippen LogP contribution in [0.1, 0.15) is 5.56 Å². The Kier molecular flexibility index (Phi) is 4.17. The van der Waals surface area contributed by atoms with Crippen LogP contribution in [0.3, 0.4) is 0 Å². The molecule has 0 spiro atoms. The largest absolute Gasteiger partial charge is 0.417 e. The van der Waals surface area contributed by atoms with Gasteiger partial charge < -0.3 is 4.43 Å². The fourth-order valence-electron chi connectivity index (χ4n) is 1.17. The number of hydrogen-bond donors (Lipinski definition) is 0. The first-order valence-corrected chi connectivity index (χ1v) is 8.65. The van der Waals surface area contributed by atoms with Crippen LogP contribution in [0.15, 0.2) is 24.3 Å². The molecular formula is C11H17ClOSi. The van der Waals surface area contributed by atoms with Gasteiger partial charge in [-0.15, -0.1) is 0 Å². The first-order chi connectivity index (χ1) is 6.49. The van der Waals surface area contributed by atoms with Crippen LogP contribution in [0, 0.1) is 0 Å². The SMILES string of the molecule is C[Si](C)(C)OCCc1ccccc1Cl. The first kappa shape index (κ1) is 11.8. The summed E-state index contributed by atoms with van der Waals surface area (Å²) in [5.74, 6) is 0. The van der Waals surface area contributed by atoms with Crippen LogP contribution < -0.4 is 0 Å². The Morgan fingerprint density at radius 3 is 2.43 bits per heavy atom. The fourth-order valence-corrected chi connectivity index (χ4v) is 2.11. The van der Waals surface area contributed by atoms with Crippen LogP contribution in [-0.4, -0.2) is 14.9 Å². The maximum atomic E-state index is 6.03. The van der Waals surface area contributed by atoms with E-state index in [0.717, 1.165) is 18.1 Å². The van der Waals surface area contributed by atoms with Gasteiger partial charge in [-0.2, -0.15) is 0 Å². The van der Waals surface area contributed by atoms with Gasteiger partial charge in [0.25, 0.3) is 0 Å². The molecular weight excluding hydrogens is 212 g/mol. The quantitative estimate of drug-likeness (QED) is 0.714. The lowest BCUT2D eigenvalue weighted by atomic mass is 10.2. The fraction of sp³-hybridized carbons (Fsp3) is 0.455. The van der Waals surface area contributed by atoms with Crippen molar-refractivity contribution < 1.29 is 4.43 Å². The summed E-state index contributed by atoms with van der Waals surface area (Å²) in [6.45, 7) is 7.36. The highest BCUT2D eigenvalue weighted by Gasteiger charge is 2.13. The van der Waals surface area contributed by atoms with Crippen molar-refractivity contribution in [1.29, 1.82) is 0 Å². The van der Waals surface area contributed by atoms with Gasteiger partial charge in [0.05, 0.1) is 0 Å². The van der Waals surface area contributed by atoms with E-state index in [1.54, 1.807) is 0 Å². The summed E-state index contributed by atoms with van der Waals surface area (Å²) in [4.78, 5) is 0. The molecule has 0 heterocycles. The van der Waals surface area contributed by atoms with Crippen LogP contribution in [-0.2, 0) is 10.8 Å². The molecule has 0 saturated carbocycles. The van der Waals surface area contributed by atoms with Gasteiger partial charge in [-0.25, -0.2) is 0 Å². The molecule has 0 aromatic heterocycles. The van der Waals surface area contributed by atoms with E-state index < -0.39 is 8.32 Å². The maximum Gasteiger partial charge on any atom is 0.183 e. The van der Waals surface area contributed by atoms with Crippen molar-refractivity contribution >= 4 is 19.9 Å². The highest BCUT2D eigenvalue weighted by molar-refractivity contribution is 6.69. The molecule has 0 unspecified atom stereocenters. The maximum absolute atomic E-state index is 6.03. The average Bonchev–Trinajstić information content (AvgIpc) is 2.06. The zero-order valence-corrected chi connectivity index (χ0v) is 10.8. The van der Waals surface area contributed by atoms with E-state index in [4.69, 9.17) is 16.0 Å². The van der Waals surface area contributed by atoms with Crippen LogP contribution in [0.2, 0.25) is 24.7 Å². The van der Waals surface area contributed by atoms with Gasteiger partial charge in [0.1, 0.15) is 0 Å². The Morgan fingerprint density at radius 2 is 1.86 bits per heavy atom. The summed E-state index contributed by atoms with van der Waals surface area (Å²) < 4.78 is 5.77. The predicted molar refractivity (Wildman–Crippen MR) is 64.5 cm³/mol. The Labute approximate surface area is 92.2 Å². The molecule has 0 bridgehead atoms. The number of benzene rings is 1. The molecule has 0 aliphatic rings. The third-order valence-electron chi connectivity index (χ3n) is 1.86. The molecule has 0 radical (unpaired) electrons. The van der Waals surface area contributed by atoms with Gasteiger partial charge in [0.15, 0.2) is 8.32 Å². The van der Waals surface area contributed by atoms with Crippen LogP contribution in [0.4, 0.5) is 0 Å². The van der Waals surface area contributed by atoms with Crippen molar-refractivity contribution in [2.75, 3.05) is 6.61 Å². The Morgan fingerprint density at radius 1 is 1.21 bits per heavy atom. The second kappa shape index (κ2) is 4.96. The second-order valence-electron chi connectivity index (χ2n) is 4.30. The normalized spacial score (nSPS) is 11.7. The summed E-state index contributed by atoms with van der Waals surface area (Å²) in [5.41, 5.74) is 1.17. The topological polar surface area (TPSA) is 9.23 Å². The van der Waals surface area contributed by atoms with Gasteiger partial charge in [0, 0.05) is 11.6 Å². The van der Waals surface area contributed by atoms with E-state index in [1.165, 1.54) is 5.56 Å². The highest BCUT2D eigenvalue weighted by Crippen LogP contribution is 2.16. The van der Waals surface area contributed by atoms with E-state index in [9.17, 15) is 0 Å². The lowest BCUT2D eigenvalue weighted by Gasteiger charge is -2.17. The van der Waals surface area contributed by atoms with Gasteiger partial charge in [-0.3, -0.25) is 0 Å². The molecule has 0 aliphatic carbocycles. The number of halogens is 1. The molecule has 0 saturated heterocycles.